The van der Waals surface area contributed by atoms with E-state index in [1.165, 1.54) is 23.8 Å². The number of aliphatic hydroxyl groups excluding tert-OH is 1. The monoisotopic (exact) mass is 612 g/mol. The number of methoxy groups -OCH3 is 1. The number of carbonyl (C=O) groups is 1. The maximum Gasteiger partial charge on any atom is 0.305 e. The highest BCUT2D eigenvalue weighted by atomic mass is 16.5. The zero-order valence-electron chi connectivity index (χ0n) is 27.4. The largest absolute Gasteiger partial charge is 0.511 e. The Morgan fingerprint density at radius 1 is 0.957 bits per heavy atom. The Kier molecular flexibility index (Phi) is 7.50. The van der Waals surface area contributed by atoms with Gasteiger partial charge in [0.15, 0.2) is 0 Å². The minimum atomic E-state index is -0.226. The van der Waals surface area contributed by atoms with Gasteiger partial charge in [-0.25, -0.2) is 15.0 Å². The van der Waals surface area contributed by atoms with Crippen LogP contribution in [0.1, 0.15) is 65.9 Å². The van der Waals surface area contributed by atoms with Crippen molar-refractivity contribution in [3.63, 3.8) is 0 Å². The summed E-state index contributed by atoms with van der Waals surface area (Å²) in [5.74, 6) is 0.223. The lowest BCUT2D eigenvalue weighted by Gasteiger charge is -2.17. The molecule has 8 bridgehead atoms. The van der Waals surface area contributed by atoms with E-state index < -0.39 is 0 Å². The van der Waals surface area contributed by atoms with Crippen LogP contribution in [0.4, 0.5) is 0 Å². The average Bonchev–Trinajstić information content (AvgIpc) is 3.80. The van der Waals surface area contributed by atoms with Gasteiger partial charge in [-0.05, 0) is 91.7 Å². The lowest BCUT2D eigenvalue weighted by molar-refractivity contribution is -0.140. The third-order valence-electron chi connectivity index (χ3n) is 10.3. The summed E-state index contributed by atoms with van der Waals surface area (Å²) in [7, 11) is 1.43. The van der Waals surface area contributed by atoms with Crippen molar-refractivity contribution in [2.45, 2.75) is 66.7 Å². The number of hydrogen-bond donors (Lipinski definition) is 2. The first-order valence-corrected chi connectivity index (χ1v) is 16.2. The highest BCUT2D eigenvalue weighted by molar-refractivity contribution is 6.21. The van der Waals surface area contributed by atoms with E-state index in [2.05, 4.69) is 75.5 Å². The maximum absolute atomic E-state index is 12.3. The van der Waals surface area contributed by atoms with E-state index >= 15 is 0 Å². The topological polar surface area (TPSA) is 95.6 Å². The number of ether oxygens (including phenoxy) is 1. The first-order valence-electron chi connectivity index (χ1n) is 16.2. The summed E-state index contributed by atoms with van der Waals surface area (Å²) in [5, 5.41) is 15.0. The summed E-state index contributed by atoms with van der Waals surface area (Å²) >= 11 is 0. The van der Waals surface area contributed by atoms with Crippen LogP contribution in [-0.2, 0) is 16.0 Å². The van der Waals surface area contributed by atoms with Gasteiger partial charge in [-0.1, -0.05) is 44.2 Å². The van der Waals surface area contributed by atoms with Gasteiger partial charge in [0.05, 0.1) is 41.3 Å². The molecule has 0 unspecified atom stereocenters. The van der Waals surface area contributed by atoms with Crippen molar-refractivity contribution in [2.24, 2.45) is 26.8 Å². The number of benzene rings is 1. The first-order chi connectivity index (χ1) is 22.2. The molecule has 234 valence electrons. The number of nitrogens with one attached hydrogen (secondary N) is 1. The molecule has 2 atom stereocenters. The third-order valence-corrected chi connectivity index (χ3v) is 10.3. The molecule has 1 aromatic carbocycles. The summed E-state index contributed by atoms with van der Waals surface area (Å²) in [4.78, 5) is 27.8. The van der Waals surface area contributed by atoms with Crippen LogP contribution in [0.25, 0.3) is 0 Å². The number of aliphatic hydroxyl groups is 1. The summed E-state index contributed by atoms with van der Waals surface area (Å²) in [6.45, 7) is 10.7. The van der Waals surface area contributed by atoms with Crippen LogP contribution in [-0.4, -0.2) is 35.3 Å². The van der Waals surface area contributed by atoms with Crippen LogP contribution >= 0.6 is 0 Å². The predicted molar refractivity (Wildman–Crippen MR) is 183 cm³/mol. The van der Waals surface area contributed by atoms with Gasteiger partial charge in [0.1, 0.15) is 5.76 Å². The van der Waals surface area contributed by atoms with Crippen molar-refractivity contribution in [1.82, 2.24) is 5.32 Å². The fraction of sp³-hybridized carbons (Fsp3) is 0.333. The molecule has 1 saturated heterocycles. The Bertz CT molecular complexity index is 1940. The molecule has 7 rings (SSSR count). The number of aliphatic imine (C=N–C) groups is 3. The molecule has 0 aromatic heterocycles. The van der Waals surface area contributed by atoms with E-state index in [9.17, 15) is 9.90 Å². The van der Waals surface area contributed by atoms with Gasteiger partial charge in [0.2, 0.25) is 0 Å². The molecule has 0 amide bonds. The molecule has 7 heteroatoms. The Morgan fingerprint density at radius 3 is 2.37 bits per heavy atom. The number of rotatable bonds is 6. The molecule has 2 N–H and O–H groups in total. The van der Waals surface area contributed by atoms with Crippen LogP contribution in [0.5, 0.6) is 0 Å². The Hall–Kier alpha value is -4.78. The zero-order chi connectivity index (χ0) is 32.3. The second-order valence-electron chi connectivity index (χ2n) is 12.9. The molecule has 1 fully saturated rings. The number of fused-ring (bicyclic) bond motifs is 5. The number of nitrogens with zero attached hydrogens (tertiary/aromatic N) is 3. The zero-order valence-corrected chi connectivity index (χ0v) is 27.4. The second kappa shape index (κ2) is 11.5. The van der Waals surface area contributed by atoms with E-state index in [4.69, 9.17) is 19.7 Å². The van der Waals surface area contributed by atoms with Crippen LogP contribution in [0.15, 0.2) is 137 Å². The van der Waals surface area contributed by atoms with E-state index in [0.717, 1.165) is 86.3 Å². The van der Waals surface area contributed by atoms with Crippen LogP contribution in [0.2, 0.25) is 0 Å². The highest BCUT2D eigenvalue weighted by Gasteiger charge is 2.41. The lowest BCUT2D eigenvalue weighted by Crippen LogP contribution is -2.16. The molecule has 0 radical (unpaired) electrons. The summed E-state index contributed by atoms with van der Waals surface area (Å²) in [6, 6.07) is 10.5. The molecule has 46 heavy (non-hydrogen) atoms. The summed E-state index contributed by atoms with van der Waals surface area (Å²) in [5.41, 5.74) is 16.1. The molecule has 5 aliphatic heterocycles. The van der Waals surface area contributed by atoms with Crippen molar-refractivity contribution < 1.29 is 14.6 Å². The van der Waals surface area contributed by atoms with E-state index in [0.29, 0.717) is 25.0 Å². The highest BCUT2D eigenvalue weighted by Crippen LogP contribution is 2.46. The molecule has 1 aliphatic carbocycles. The SMILES string of the molecule is CCC1=C(C)C2=NC1=CC1=C(C)C3=C(O)CC(=C4NC(=CC5=NC(=C2)C(Cc2ccccc2)=C5C)[C@@H](C)[C@@H]4CCC(=O)OC)C3=N1. The average molecular weight is 613 g/mol. The normalized spacial score (nSPS) is 23.5. The number of allylic oxidation sites excluding steroid dienone is 12. The molecular formula is C39H40N4O3. The van der Waals surface area contributed by atoms with Gasteiger partial charge < -0.3 is 15.2 Å². The quantitative estimate of drug-likeness (QED) is 0.320. The standard InChI is InChI=1S/C39H40N4O3/c1-7-25-20(2)30-18-34-27(15-24-11-9-8-10-12-24)22(4)29(41-34)17-31-21(3)26(13-14-36(45)46-6)38(42-31)28-16-35(44)37-23(5)32(43-39(28)37)19-33(25)40-30/h8-12,17-19,21,26,42,44H,7,13-16H2,1-6H3/t21-,26-/m0/s1. The van der Waals surface area contributed by atoms with Crippen molar-refractivity contribution in [3.8, 4) is 0 Å². The van der Waals surface area contributed by atoms with Crippen LogP contribution < -0.4 is 5.32 Å². The third kappa shape index (κ3) is 4.89. The fourth-order valence-corrected chi connectivity index (χ4v) is 7.56. The number of carbonyl (C=O) groups excluding carboxylic acids is 1. The van der Waals surface area contributed by atoms with Gasteiger partial charge in [-0.2, -0.15) is 0 Å². The minimum Gasteiger partial charge on any atom is -0.511 e. The molecule has 0 spiro atoms. The van der Waals surface area contributed by atoms with Crippen molar-refractivity contribution >= 4 is 23.1 Å². The molecule has 1 aromatic rings. The maximum atomic E-state index is 12.3. The summed E-state index contributed by atoms with van der Waals surface area (Å²) in [6.07, 6.45) is 9.34. The van der Waals surface area contributed by atoms with Crippen molar-refractivity contribution in [3.05, 3.63) is 127 Å². The first kappa shape index (κ1) is 29.9. The molecule has 7 nitrogen and oxygen atoms in total. The van der Waals surface area contributed by atoms with Crippen LogP contribution in [0.3, 0.4) is 0 Å². The predicted octanol–water partition coefficient (Wildman–Crippen LogP) is 7.85. The van der Waals surface area contributed by atoms with Crippen molar-refractivity contribution in [1.29, 1.82) is 0 Å². The number of hydrogen-bond acceptors (Lipinski definition) is 7. The van der Waals surface area contributed by atoms with Crippen LogP contribution in [0, 0.1) is 11.8 Å². The smallest absolute Gasteiger partial charge is 0.305 e. The Morgan fingerprint density at radius 2 is 1.65 bits per heavy atom. The Balaban J connectivity index is 1.44. The van der Waals surface area contributed by atoms with E-state index in [1.54, 1.807) is 0 Å². The van der Waals surface area contributed by atoms with E-state index in [-0.39, 0.29) is 17.8 Å². The van der Waals surface area contributed by atoms with Gasteiger partial charge >= 0.3 is 5.97 Å². The van der Waals surface area contributed by atoms with E-state index in [1.807, 2.05) is 13.0 Å². The van der Waals surface area contributed by atoms with Gasteiger partial charge in [-0.3, -0.25) is 4.79 Å². The lowest BCUT2D eigenvalue weighted by atomic mass is 9.86. The molecule has 5 heterocycles. The minimum absolute atomic E-state index is 0.0255. The second-order valence-corrected chi connectivity index (χ2v) is 12.9. The number of esters is 1. The van der Waals surface area contributed by atoms with Gasteiger partial charge in [0, 0.05) is 47.2 Å². The van der Waals surface area contributed by atoms with Gasteiger partial charge in [-0.15, -0.1) is 0 Å². The van der Waals surface area contributed by atoms with Crippen molar-refractivity contribution in [2.75, 3.05) is 7.11 Å². The molecular weight excluding hydrogens is 572 g/mol. The fourth-order valence-electron chi connectivity index (χ4n) is 7.56. The molecule has 0 saturated carbocycles. The van der Waals surface area contributed by atoms with Gasteiger partial charge in [0.25, 0.3) is 0 Å². The molecule has 6 aliphatic rings. The summed E-state index contributed by atoms with van der Waals surface area (Å²) < 4.78 is 5.02. The Labute approximate surface area is 270 Å².